The zero-order valence-corrected chi connectivity index (χ0v) is 8.34. The van der Waals surface area contributed by atoms with Gasteiger partial charge in [0.05, 0.1) is 11.7 Å². The summed E-state index contributed by atoms with van der Waals surface area (Å²) in [5, 5.41) is 5.02. The van der Waals surface area contributed by atoms with Crippen molar-refractivity contribution >= 4 is 22.5 Å². The van der Waals surface area contributed by atoms with Crippen LogP contribution in [-0.4, -0.2) is 15.7 Å². The van der Waals surface area contributed by atoms with Crippen molar-refractivity contribution in [1.29, 1.82) is 0 Å². The molecule has 0 aliphatic heterocycles. The number of benzene rings is 1. The molecule has 0 saturated carbocycles. The molecule has 1 amide bonds. The summed E-state index contributed by atoms with van der Waals surface area (Å²) >= 11 is 0. The van der Waals surface area contributed by atoms with Crippen molar-refractivity contribution < 1.29 is 4.79 Å². The predicted octanol–water partition coefficient (Wildman–Crippen LogP) is 0.665. The number of fused-ring (bicyclic) bond motifs is 1. The molecule has 0 fully saturated rings. The minimum Gasteiger partial charge on any atom is -0.399 e. The van der Waals surface area contributed by atoms with E-state index in [1.807, 2.05) is 12.1 Å². The topological polar surface area (TPSA) is 86.9 Å². The van der Waals surface area contributed by atoms with Crippen LogP contribution in [0.25, 0.3) is 10.9 Å². The van der Waals surface area contributed by atoms with Gasteiger partial charge in [-0.15, -0.1) is 0 Å². The Hall–Kier alpha value is -2.04. The average Bonchev–Trinajstić information content (AvgIpc) is 2.59. The van der Waals surface area contributed by atoms with Gasteiger partial charge in [-0.25, -0.2) is 0 Å². The normalized spacial score (nSPS) is 12.9. The number of rotatable bonds is 2. The van der Waals surface area contributed by atoms with Gasteiger partial charge in [-0.3, -0.25) is 9.48 Å². The lowest BCUT2D eigenvalue weighted by atomic mass is 10.2. The summed E-state index contributed by atoms with van der Waals surface area (Å²) in [4.78, 5) is 11.0. The van der Waals surface area contributed by atoms with E-state index >= 15 is 0 Å². The Labute approximate surface area is 86.7 Å². The first-order valence-corrected chi connectivity index (χ1v) is 4.61. The number of carbonyl (C=O) groups excluding carboxylic acids is 1. The SMILES string of the molecule is CC(C(N)=O)n1ncc2cc(N)ccc21. The van der Waals surface area contributed by atoms with Gasteiger partial charge in [-0.05, 0) is 25.1 Å². The molecule has 2 aromatic rings. The standard InChI is InChI=1S/C10H12N4O/c1-6(10(12)15)14-9-3-2-8(11)4-7(9)5-13-14/h2-6H,11H2,1H3,(H2,12,15). The van der Waals surface area contributed by atoms with Crippen LogP contribution in [0.3, 0.4) is 0 Å². The van der Waals surface area contributed by atoms with E-state index in [2.05, 4.69) is 5.10 Å². The van der Waals surface area contributed by atoms with E-state index in [0.717, 1.165) is 10.9 Å². The number of nitrogens with two attached hydrogens (primary N) is 2. The number of hydrogen-bond donors (Lipinski definition) is 2. The summed E-state index contributed by atoms with van der Waals surface area (Å²) in [5.41, 5.74) is 12.4. The molecule has 78 valence electrons. The van der Waals surface area contributed by atoms with Crippen LogP contribution < -0.4 is 11.5 Å². The van der Waals surface area contributed by atoms with Gasteiger partial charge >= 0.3 is 0 Å². The fourth-order valence-electron chi connectivity index (χ4n) is 1.50. The molecule has 1 atom stereocenters. The van der Waals surface area contributed by atoms with Gasteiger partial charge in [0.1, 0.15) is 6.04 Å². The second-order valence-electron chi connectivity index (χ2n) is 3.49. The molecule has 0 spiro atoms. The number of aromatic nitrogens is 2. The van der Waals surface area contributed by atoms with Gasteiger partial charge in [0, 0.05) is 11.1 Å². The zero-order valence-electron chi connectivity index (χ0n) is 8.34. The van der Waals surface area contributed by atoms with E-state index < -0.39 is 11.9 Å². The maximum atomic E-state index is 11.0. The molecule has 1 aromatic carbocycles. The molecule has 1 unspecified atom stereocenters. The molecule has 1 aromatic heterocycles. The molecule has 2 rings (SSSR count). The number of anilines is 1. The van der Waals surface area contributed by atoms with Crippen LogP contribution in [0.15, 0.2) is 24.4 Å². The summed E-state index contributed by atoms with van der Waals surface area (Å²) in [6, 6.07) is 4.96. The van der Waals surface area contributed by atoms with Crippen molar-refractivity contribution in [3.05, 3.63) is 24.4 Å². The largest absolute Gasteiger partial charge is 0.399 e. The van der Waals surface area contributed by atoms with Crippen molar-refractivity contribution in [2.45, 2.75) is 13.0 Å². The van der Waals surface area contributed by atoms with Crippen LogP contribution in [0, 0.1) is 0 Å². The van der Waals surface area contributed by atoms with Gasteiger partial charge in [-0.1, -0.05) is 0 Å². The monoisotopic (exact) mass is 204 g/mol. The molecule has 1 heterocycles. The third kappa shape index (κ3) is 1.52. The van der Waals surface area contributed by atoms with Crippen molar-refractivity contribution in [2.75, 3.05) is 5.73 Å². The Bertz CT molecular complexity index is 517. The lowest BCUT2D eigenvalue weighted by Crippen LogP contribution is -2.24. The van der Waals surface area contributed by atoms with Gasteiger partial charge in [0.25, 0.3) is 0 Å². The second-order valence-corrected chi connectivity index (χ2v) is 3.49. The number of hydrogen-bond acceptors (Lipinski definition) is 3. The Morgan fingerprint density at radius 2 is 2.27 bits per heavy atom. The summed E-state index contributed by atoms with van der Waals surface area (Å²) < 4.78 is 1.59. The second kappa shape index (κ2) is 3.27. The Morgan fingerprint density at radius 3 is 2.93 bits per heavy atom. The highest BCUT2D eigenvalue weighted by Crippen LogP contribution is 2.19. The lowest BCUT2D eigenvalue weighted by molar-refractivity contribution is -0.120. The number of primary amides is 1. The highest BCUT2D eigenvalue weighted by Gasteiger charge is 2.14. The molecule has 5 heteroatoms. The minimum atomic E-state index is -0.453. The fraction of sp³-hybridized carbons (Fsp3) is 0.200. The van der Waals surface area contributed by atoms with Crippen molar-refractivity contribution in [1.82, 2.24) is 9.78 Å². The zero-order chi connectivity index (χ0) is 11.0. The molecule has 5 nitrogen and oxygen atoms in total. The number of nitrogen functional groups attached to an aromatic ring is 1. The molecule has 0 aliphatic rings. The molecular formula is C10H12N4O. The van der Waals surface area contributed by atoms with E-state index in [1.54, 1.807) is 23.9 Å². The third-order valence-electron chi connectivity index (χ3n) is 2.40. The summed E-state index contributed by atoms with van der Waals surface area (Å²) in [5.74, 6) is -0.406. The molecule has 4 N–H and O–H groups in total. The van der Waals surface area contributed by atoms with Gasteiger partial charge in [0.15, 0.2) is 0 Å². The molecule has 0 saturated heterocycles. The van der Waals surface area contributed by atoms with Crippen LogP contribution in [-0.2, 0) is 4.79 Å². The van der Waals surface area contributed by atoms with E-state index in [0.29, 0.717) is 5.69 Å². The summed E-state index contributed by atoms with van der Waals surface area (Å²) in [6.07, 6.45) is 1.67. The first-order valence-electron chi connectivity index (χ1n) is 4.61. The molecule has 0 bridgehead atoms. The summed E-state index contributed by atoms with van der Waals surface area (Å²) in [7, 11) is 0. The Morgan fingerprint density at radius 1 is 1.53 bits per heavy atom. The maximum absolute atomic E-state index is 11.0. The lowest BCUT2D eigenvalue weighted by Gasteiger charge is -2.08. The van der Waals surface area contributed by atoms with E-state index in [4.69, 9.17) is 11.5 Å². The first-order chi connectivity index (χ1) is 7.09. The Balaban J connectivity index is 2.59. The fourth-order valence-corrected chi connectivity index (χ4v) is 1.50. The molecule has 0 radical (unpaired) electrons. The summed E-state index contributed by atoms with van der Waals surface area (Å²) in [6.45, 7) is 1.71. The number of amides is 1. The van der Waals surface area contributed by atoms with Crippen molar-refractivity contribution in [2.24, 2.45) is 5.73 Å². The van der Waals surface area contributed by atoms with Crippen molar-refractivity contribution in [3.8, 4) is 0 Å². The molecular weight excluding hydrogens is 192 g/mol. The predicted molar refractivity (Wildman–Crippen MR) is 58.1 cm³/mol. The highest BCUT2D eigenvalue weighted by atomic mass is 16.1. The van der Waals surface area contributed by atoms with E-state index in [1.165, 1.54) is 0 Å². The average molecular weight is 204 g/mol. The van der Waals surface area contributed by atoms with Gasteiger partial charge in [-0.2, -0.15) is 5.10 Å². The minimum absolute atomic E-state index is 0.406. The van der Waals surface area contributed by atoms with Crippen LogP contribution >= 0.6 is 0 Å². The third-order valence-corrected chi connectivity index (χ3v) is 2.40. The van der Waals surface area contributed by atoms with Gasteiger partial charge < -0.3 is 11.5 Å². The van der Waals surface area contributed by atoms with Gasteiger partial charge in [0.2, 0.25) is 5.91 Å². The maximum Gasteiger partial charge on any atom is 0.242 e. The molecule has 15 heavy (non-hydrogen) atoms. The van der Waals surface area contributed by atoms with Crippen LogP contribution in [0.2, 0.25) is 0 Å². The van der Waals surface area contributed by atoms with Crippen LogP contribution in [0.5, 0.6) is 0 Å². The first kappa shape index (κ1) is 9.51. The van der Waals surface area contributed by atoms with Crippen LogP contribution in [0.4, 0.5) is 5.69 Å². The highest BCUT2D eigenvalue weighted by molar-refractivity contribution is 5.85. The Kier molecular flexibility index (Phi) is 2.07. The quantitative estimate of drug-likeness (QED) is 0.704. The number of carbonyl (C=O) groups is 1. The van der Waals surface area contributed by atoms with E-state index in [-0.39, 0.29) is 0 Å². The van der Waals surface area contributed by atoms with E-state index in [9.17, 15) is 4.79 Å². The molecule has 0 aliphatic carbocycles. The number of nitrogens with zero attached hydrogens (tertiary/aromatic N) is 2. The van der Waals surface area contributed by atoms with Crippen LogP contribution in [0.1, 0.15) is 13.0 Å². The smallest absolute Gasteiger partial charge is 0.242 e. The van der Waals surface area contributed by atoms with Crippen molar-refractivity contribution in [3.63, 3.8) is 0 Å².